The first-order valence-corrected chi connectivity index (χ1v) is 12.4. The van der Waals surface area contributed by atoms with Crippen LogP contribution in [0.25, 0.3) is 0 Å². The van der Waals surface area contributed by atoms with Gasteiger partial charge in [0.1, 0.15) is 5.03 Å². The monoisotopic (exact) mass is 394 g/mol. The first kappa shape index (κ1) is 24.3. The molecule has 156 valence electrons. The topological polar surface area (TPSA) is 45.8 Å². The van der Waals surface area contributed by atoms with E-state index in [9.17, 15) is 4.79 Å². The maximum atomic E-state index is 11.3. The molecule has 0 radical (unpaired) electrons. The van der Waals surface area contributed by atoms with Gasteiger partial charge in [-0.2, -0.15) is 4.98 Å². The Hall–Kier alpha value is -0.770. The molecule has 27 heavy (non-hydrogen) atoms. The fourth-order valence-corrected chi connectivity index (χ4v) is 4.42. The molecule has 4 heteroatoms. The van der Waals surface area contributed by atoms with Gasteiger partial charge in [-0.05, 0) is 25.2 Å². The van der Waals surface area contributed by atoms with E-state index in [0.29, 0.717) is 0 Å². The summed E-state index contributed by atoms with van der Waals surface area (Å²) in [5.74, 6) is 1.06. The summed E-state index contributed by atoms with van der Waals surface area (Å²) in [5.41, 5.74) is 0.661. The Kier molecular flexibility index (Phi) is 15.6. The van der Waals surface area contributed by atoms with Gasteiger partial charge in [0.25, 0.3) is 0 Å². The molecule has 1 heterocycles. The zero-order valence-electron chi connectivity index (χ0n) is 17.9. The molecule has 0 aliphatic rings. The average molecular weight is 395 g/mol. The molecule has 0 saturated heterocycles. The summed E-state index contributed by atoms with van der Waals surface area (Å²) in [4.78, 5) is 18.0. The molecule has 0 aliphatic carbocycles. The van der Waals surface area contributed by atoms with Crippen LogP contribution in [-0.4, -0.2) is 15.7 Å². The normalized spacial score (nSPS) is 11.2. The Morgan fingerprint density at radius 2 is 1.22 bits per heavy atom. The van der Waals surface area contributed by atoms with Gasteiger partial charge in [-0.25, -0.2) is 4.79 Å². The van der Waals surface area contributed by atoms with Crippen molar-refractivity contribution in [2.24, 2.45) is 0 Å². The van der Waals surface area contributed by atoms with Gasteiger partial charge in [-0.15, -0.1) is 11.8 Å². The van der Waals surface area contributed by atoms with Crippen LogP contribution in [0.3, 0.4) is 0 Å². The number of nitrogens with one attached hydrogen (secondary N) is 1. The molecule has 1 rings (SSSR count). The van der Waals surface area contributed by atoms with Crippen LogP contribution in [-0.2, 0) is 0 Å². The van der Waals surface area contributed by atoms with Crippen LogP contribution in [0, 0.1) is 6.92 Å². The number of aromatic nitrogens is 2. The van der Waals surface area contributed by atoms with E-state index >= 15 is 0 Å². The zero-order valence-corrected chi connectivity index (χ0v) is 18.7. The number of thioether (sulfide) groups is 1. The fourth-order valence-electron chi connectivity index (χ4n) is 3.45. The van der Waals surface area contributed by atoms with Crippen molar-refractivity contribution in [2.75, 3.05) is 5.75 Å². The highest BCUT2D eigenvalue weighted by Crippen LogP contribution is 2.18. The Morgan fingerprint density at radius 1 is 0.778 bits per heavy atom. The molecule has 1 aromatic rings. The average Bonchev–Trinajstić information content (AvgIpc) is 2.63. The van der Waals surface area contributed by atoms with Crippen molar-refractivity contribution in [1.82, 2.24) is 9.97 Å². The van der Waals surface area contributed by atoms with E-state index in [-0.39, 0.29) is 5.69 Å². The molecule has 0 bridgehead atoms. The Bertz CT molecular complexity index is 515. The summed E-state index contributed by atoms with van der Waals surface area (Å²) >= 11 is 1.70. The van der Waals surface area contributed by atoms with Crippen LogP contribution in [0.4, 0.5) is 0 Å². The van der Waals surface area contributed by atoms with Crippen molar-refractivity contribution in [2.45, 2.75) is 122 Å². The van der Waals surface area contributed by atoms with Gasteiger partial charge < -0.3 is 4.98 Å². The summed E-state index contributed by atoms with van der Waals surface area (Å²) in [6, 6.07) is 1.96. The number of nitrogens with zero attached hydrogens (tertiary/aromatic N) is 1. The van der Waals surface area contributed by atoms with Crippen molar-refractivity contribution in [3.8, 4) is 0 Å². The van der Waals surface area contributed by atoms with Gasteiger partial charge in [0, 0.05) is 5.69 Å². The lowest BCUT2D eigenvalue weighted by Gasteiger charge is -2.04. The van der Waals surface area contributed by atoms with E-state index < -0.39 is 0 Å². The van der Waals surface area contributed by atoms with Crippen molar-refractivity contribution >= 4 is 11.8 Å². The van der Waals surface area contributed by atoms with E-state index in [2.05, 4.69) is 16.9 Å². The molecule has 0 aromatic carbocycles. The van der Waals surface area contributed by atoms with Crippen LogP contribution >= 0.6 is 11.8 Å². The van der Waals surface area contributed by atoms with Crippen molar-refractivity contribution in [3.05, 3.63) is 22.2 Å². The molecule has 0 fully saturated rings. The number of hydrogen-bond acceptors (Lipinski definition) is 3. The second-order valence-corrected chi connectivity index (χ2v) is 8.97. The SMILES string of the molecule is CCCCCCCCCCCCCCCCCCSc1cc(C)[nH]c(=O)n1. The quantitative estimate of drug-likeness (QED) is 0.160. The molecule has 0 atom stereocenters. The molecule has 1 aromatic heterocycles. The summed E-state index contributed by atoms with van der Waals surface area (Å²) in [5, 5.41) is 0.859. The highest BCUT2D eigenvalue weighted by atomic mass is 32.2. The number of unbranched alkanes of at least 4 members (excludes halogenated alkanes) is 15. The summed E-state index contributed by atoms with van der Waals surface area (Å²) in [6.07, 6.45) is 22.4. The van der Waals surface area contributed by atoms with Gasteiger partial charge in [0.05, 0.1) is 0 Å². The van der Waals surface area contributed by atoms with E-state index in [1.807, 2.05) is 13.0 Å². The van der Waals surface area contributed by atoms with Gasteiger partial charge >= 0.3 is 5.69 Å². The highest BCUT2D eigenvalue weighted by Gasteiger charge is 1.99. The molecular weight excluding hydrogens is 352 g/mol. The van der Waals surface area contributed by atoms with E-state index in [1.54, 1.807) is 11.8 Å². The Morgan fingerprint density at radius 3 is 1.67 bits per heavy atom. The van der Waals surface area contributed by atoms with Gasteiger partial charge in [0.2, 0.25) is 0 Å². The second-order valence-electron chi connectivity index (χ2n) is 7.86. The maximum Gasteiger partial charge on any atom is 0.346 e. The van der Waals surface area contributed by atoms with E-state index in [4.69, 9.17) is 0 Å². The predicted octanol–water partition coefficient (Wildman–Crippen LogP) is 7.43. The zero-order chi connectivity index (χ0) is 19.6. The highest BCUT2D eigenvalue weighted by molar-refractivity contribution is 7.99. The van der Waals surface area contributed by atoms with Gasteiger partial charge in [0.15, 0.2) is 0 Å². The van der Waals surface area contributed by atoms with E-state index in [1.165, 1.54) is 103 Å². The third kappa shape index (κ3) is 14.9. The number of H-pyrrole nitrogens is 1. The summed E-state index contributed by atoms with van der Waals surface area (Å²) < 4.78 is 0. The van der Waals surface area contributed by atoms with Crippen LogP contribution in [0.1, 0.15) is 115 Å². The fraction of sp³-hybridized carbons (Fsp3) is 0.826. The molecule has 3 nitrogen and oxygen atoms in total. The standard InChI is InChI=1S/C23H42N2OS/c1-3-4-5-6-7-8-9-10-11-12-13-14-15-16-17-18-19-27-22-20-21(2)24-23(26)25-22/h20H,3-19H2,1-2H3,(H,24,25,26). The first-order valence-electron chi connectivity index (χ1n) is 11.4. The molecule has 0 spiro atoms. The minimum atomic E-state index is -0.232. The van der Waals surface area contributed by atoms with Gasteiger partial charge in [-0.1, -0.05) is 103 Å². The smallest absolute Gasteiger partial charge is 0.310 e. The van der Waals surface area contributed by atoms with Crippen molar-refractivity contribution < 1.29 is 0 Å². The third-order valence-electron chi connectivity index (χ3n) is 5.10. The first-order chi connectivity index (χ1) is 13.2. The minimum absolute atomic E-state index is 0.232. The molecule has 0 saturated carbocycles. The van der Waals surface area contributed by atoms with Gasteiger partial charge in [-0.3, -0.25) is 0 Å². The molecule has 0 amide bonds. The maximum absolute atomic E-state index is 11.3. The molecule has 0 aliphatic heterocycles. The van der Waals surface area contributed by atoms with Crippen LogP contribution in [0.5, 0.6) is 0 Å². The van der Waals surface area contributed by atoms with Crippen LogP contribution in [0.2, 0.25) is 0 Å². The van der Waals surface area contributed by atoms with Crippen molar-refractivity contribution in [3.63, 3.8) is 0 Å². The summed E-state index contributed by atoms with van der Waals surface area (Å²) in [7, 11) is 0. The molecule has 0 unspecified atom stereocenters. The lowest BCUT2D eigenvalue weighted by atomic mass is 10.0. The molecule has 1 N–H and O–H groups in total. The molecular formula is C23H42N2OS. The largest absolute Gasteiger partial charge is 0.346 e. The van der Waals surface area contributed by atoms with Crippen molar-refractivity contribution in [1.29, 1.82) is 0 Å². The number of aromatic amines is 1. The number of rotatable bonds is 18. The Labute approximate surface area is 171 Å². The number of hydrogen-bond donors (Lipinski definition) is 1. The lowest BCUT2D eigenvalue weighted by molar-refractivity contribution is 0.531. The lowest BCUT2D eigenvalue weighted by Crippen LogP contribution is -2.11. The Balaban J connectivity index is 1.78. The van der Waals surface area contributed by atoms with Crippen LogP contribution in [0.15, 0.2) is 15.9 Å². The number of aryl methyl sites for hydroxylation is 1. The minimum Gasteiger partial charge on any atom is -0.310 e. The predicted molar refractivity (Wildman–Crippen MR) is 120 cm³/mol. The van der Waals surface area contributed by atoms with E-state index in [0.717, 1.165) is 16.5 Å². The van der Waals surface area contributed by atoms with Crippen LogP contribution < -0.4 is 5.69 Å². The summed E-state index contributed by atoms with van der Waals surface area (Å²) in [6.45, 7) is 4.19. The third-order valence-corrected chi connectivity index (χ3v) is 6.10. The second kappa shape index (κ2) is 17.3.